The minimum Gasteiger partial charge on any atom is -0.495 e. The molecule has 0 heterocycles. The van der Waals surface area contributed by atoms with Gasteiger partial charge in [-0.1, -0.05) is 25.3 Å². The number of hydrogen-bond acceptors (Lipinski definition) is 3. The SMILES string of the molecule is COc1cc(CNC(C)C2CCCCC2)ccc1C#N. The zero-order chi connectivity index (χ0) is 14.4. The molecule has 2 rings (SSSR count). The zero-order valence-corrected chi connectivity index (χ0v) is 12.5. The van der Waals surface area contributed by atoms with E-state index in [1.54, 1.807) is 7.11 Å². The van der Waals surface area contributed by atoms with Crippen LogP contribution in [-0.4, -0.2) is 13.2 Å². The maximum atomic E-state index is 8.98. The molecular weight excluding hydrogens is 248 g/mol. The van der Waals surface area contributed by atoms with E-state index in [0.717, 1.165) is 12.5 Å². The van der Waals surface area contributed by atoms with E-state index in [1.807, 2.05) is 18.2 Å². The van der Waals surface area contributed by atoms with Gasteiger partial charge in [0.25, 0.3) is 0 Å². The van der Waals surface area contributed by atoms with E-state index < -0.39 is 0 Å². The summed E-state index contributed by atoms with van der Waals surface area (Å²) in [4.78, 5) is 0. The Kier molecular flexibility index (Phi) is 5.43. The second kappa shape index (κ2) is 7.31. The summed E-state index contributed by atoms with van der Waals surface area (Å²) in [5.41, 5.74) is 1.76. The molecule has 1 unspecified atom stereocenters. The summed E-state index contributed by atoms with van der Waals surface area (Å²) in [6.45, 7) is 3.12. The molecule has 1 aromatic rings. The summed E-state index contributed by atoms with van der Waals surface area (Å²) in [7, 11) is 1.61. The fourth-order valence-corrected chi connectivity index (χ4v) is 3.02. The van der Waals surface area contributed by atoms with E-state index in [0.29, 0.717) is 17.4 Å². The number of methoxy groups -OCH3 is 1. The second-order valence-corrected chi connectivity index (χ2v) is 5.71. The largest absolute Gasteiger partial charge is 0.495 e. The zero-order valence-electron chi connectivity index (χ0n) is 12.5. The maximum absolute atomic E-state index is 8.98. The molecule has 1 aliphatic rings. The highest BCUT2D eigenvalue weighted by Gasteiger charge is 2.19. The molecule has 0 saturated heterocycles. The van der Waals surface area contributed by atoms with Crippen molar-refractivity contribution >= 4 is 0 Å². The van der Waals surface area contributed by atoms with E-state index in [4.69, 9.17) is 10.00 Å². The molecule has 20 heavy (non-hydrogen) atoms. The van der Waals surface area contributed by atoms with Crippen LogP contribution in [0.3, 0.4) is 0 Å². The highest BCUT2D eigenvalue weighted by Crippen LogP contribution is 2.26. The third kappa shape index (κ3) is 3.74. The van der Waals surface area contributed by atoms with Crippen molar-refractivity contribution < 1.29 is 4.74 Å². The Bertz CT molecular complexity index is 472. The maximum Gasteiger partial charge on any atom is 0.136 e. The monoisotopic (exact) mass is 272 g/mol. The molecule has 0 spiro atoms. The first kappa shape index (κ1) is 14.9. The van der Waals surface area contributed by atoms with Crippen LogP contribution in [0.1, 0.15) is 50.2 Å². The molecule has 0 aliphatic heterocycles. The number of nitriles is 1. The third-order valence-corrected chi connectivity index (χ3v) is 4.37. The molecule has 1 fully saturated rings. The molecule has 1 atom stereocenters. The van der Waals surface area contributed by atoms with Gasteiger partial charge < -0.3 is 10.1 Å². The molecule has 1 N–H and O–H groups in total. The van der Waals surface area contributed by atoms with Crippen molar-refractivity contribution in [2.45, 2.75) is 51.6 Å². The Morgan fingerprint density at radius 1 is 1.35 bits per heavy atom. The molecule has 1 aromatic carbocycles. The van der Waals surface area contributed by atoms with Crippen LogP contribution in [0.25, 0.3) is 0 Å². The van der Waals surface area contributed by atoms with Gasteiger partial charge >= 0.3 is 0 Å². The Balaban J connectivity index is 1.91. The quantitative estimate of drug-likeness (QED) is 0.890. The van der Waals surface area contributed by atoms with Crippen molar-refractivity contribution in [2.24, 2.45) is 5.92 Å². The number of nitrogens with one attached hydrogen (secondary N) is 1. The first-order valence-corrected chi connectivity index (χ1v) is 7.55. The van der Waals surface area contributed by atoms with Crippen molar-refractivity contribution in [1.29, 1.82) is 5.26 Å². The highest BCUT2D eigenvalue weighted by molar-refractivity contribution is 5.45. The Morgan fingerprint density at radius 3 is 2.75 bits per heavy atom. The van der Waals surface area contributed by atoms with Crippen LogP contribution in [0.15, 0.2) is 18.2 Å². The Labute approximate surface area is 121 Å². The fraction of sp³-hybridized carbons (Fsp3) is 0.588. The molecule has 1 saturated carbocycles. The molecule has 0 amide bonds. The van der Waals surface area contributed by atoms with Crippen molar-refractivity contribution in [3.8, 4) is 11.8 Å². The molecule has 108 valence electrons. The molecule has 0 bridgehead atoms. The van der Waals surface area contributed by atoms with Crippen LogP contribution >= 0.6 is 0 Å². The predicted octanol–water partition coefficient (Wildman–Crippen LogP) is 3.63. The first-order valence-electron chi connectivity index (χ1n) is 7.55. The van der Waals surface area contributed by atoms with Gasteiger partial charge in [-0.3, -0.25) is 0 Å². The Morgan fingerprint density at radius 2 is 2.10 bits per heavy atom. The van der Waals surface area contributed by atoms with E-state index in [9.17, 15) is 0 Å². The van der Waals surface area contributed by atoms with Gasteiger partial charge in [0.05, 0.1) is 12.7 Å². The molecule has 3 heteroatoms. The summed E-state index contributed by atoms with van der Waals surface area (Å²) in [5, 5.41) is 12.6. The van der Waals surface area contributed by atoms with Gasteiger partial charge in [-0.25, -0.2) is 0 Å². The van der Waals surface area contributed by atoms with E-state index in [-0.39, 0.29) is 0 Å². The normalized spacial score (nSPS) is 17.4. The van der Waals surface area contributed by atoms with Crippen LogP contribution in [-0.2, 0) is 6.54 Å². The average Bonchev–Trinajstić information content (AvgIpc) is 2.53. The van der Waals surface area contributed by atoms with Crippen LogP contribution in [0.2, 0.25) is 0 Å². The van der Waals surface area contributed by atoms with Crippen LogP contribution < -0.4 is 10.1 Å². The summed E-state index contributed by atoms with van der Waals surface area (Å²) in [6.07, 6.45) is 6.86. The topological polar surface area (TPSA) is 45.0 Å². The van der Waals surface area contributed by atoms with Crippen LogP contribution in [0, 0.1) is 17.2 Å². The van der Waals surface area contributed by atoms with Crippen molar-refractivity contribution in [1.82, 2.24) is 5.32 Å². The number of benzene rings is 1. The van der Waals surface area contributed by atoms with Crippen molar-refractivity contribution in [3.05, 3.63) is 29.3 Å². The molecule has 3 nitrogen and oxygen atoms in total. The van der Waals surface area contributed by atoms with Crippen molar-refractivity contribution in [3.63, 3.8) is 0 Å². The van der Waals surface area contributed by atoms with Gasteiger partial charge in [-0.15, -0.1) is 0 Å². The number of hydrogen-bond donors (Lipinski definition) is 1. The van der Waals surface area contributed by atoms with Gasteiger partial charge in [0.15, 0.2) is 0 Å². The summed E-state index contributed by atoms with van der Waals surface area (Å²) < 4.78 is 5.25. The molecular formula is C17H24N2O. The van der Waals surface area contributed by atoms with E-state index in [2.05, 4.69) is 18.3 Å². The molecule has 0 radical (unpaired) electrons. The number of rotatable bonds is 5. The number of ether oxygens (including phenoxy) is 1. The standard InChI is InChI=1S/C17H24N2O/c1-13(15-6-4-3-5-7-15)19-12-14-8-9-16(11-18)17(10-14)20-2/h8-10,13,15,19H,3-7,12H2,1-2H3. The highest BCUT2D eigenvalue weighted by atomic mass is 16.5. The molecule has 1 aliphatic carbocycles. The van der Waals surface area contributed by atoms with Gasteiger partial charge in [0.1, 0.15) is 11.8 Å². The van der Waals surface area contributed by atoms with Gasteiger partial charge in [-0.2, -0.15) is 5.26 Å². The fourth-order valence-electron chi connectivity index (χ4n) is 3.02. The minimum absolute atomic E-state index is 0.553. The second-order valence-electron chi connectivity index (χ2n) is 5.71. The van der Waals surface area contributed by atoms with E-state index in [1.165, 1.54) is 37.7 Å². The Hall–Kier alpha value is -1.53. The average molecular weight is 272 g/mol. The van der Waals surface area contributed by atoms with Crippen LogP contribution in [0.5, 0.6) is 5.75 Å². The van der Waals surface area contributed by atoms with Gasteiger partial charge in [-0.05, 0) is 43.4 Å². The first-order chi connectivity index (χ1) is 9.74. The van der Waals surface area contributed by atoms with Crippen molar-refractivity contribution in [2.75, 3.05) is 7.11 Å². The van der Waals surface area contributed by atoms with Gasteiger partial charge in [0, 0.05) is 12.6 Å². The smallest absolute Gasteiger partial charge is 0.136 e. The summed E-state index contributed by atoms with van der Waals surface area (Å²) in [5.74, 6) is 1.47. The lowest BCUT2D eigenvalue weighted by Crippen LogP contribution is -2.34. The summed E-state index contributed by atoms with van der Waals surface area (Å²) in [6, 6.07) is 8.49. The van der Waals surface area contributed by atoms with E-state index >= 15 is 0 Å². The lowest BCUT2D eigenvalue weighted by atomic mass is 9.84. The lowest BCUT2D eigenvalue weighted by Gasteiger charge is -2.28. The van der Waals surface area contributed by atoms with Crippen LogP contribution in [0.4, 0.5) is 0 Å². The summed E-state index contributed by atoms with van der Waals surface area (Å²) >= 11 is 0. The predicted molar refractivity (Wildman–Crippen MR) is 80.6 cm³/mol. The molecule has 0 aromatic heterocycles. The number of nitrogens with zero attached hydrogens (tertiary/aromatic N) is 1. The lowest BCUT2D eigenvalue weighted by molar-refractivity contribution is 0.280. The van der Waals surface area contributed by atoms with Gasteiger partial charge in [0.2, 0.25) is 0 Å². The minimum atomic E-state index is 0.553. The third-order valence-electron chi connectivity index (χ3n) is 4.37.